The lowest BCUT2D eigenvalue weighted by Crippen LogP contribution is -2.40. The highest BCUT2D eigenvalue weighted by Gasteiger charge is 2.34. The summed E-state index contributed by atoms with van der Waals surface area (Å²) in [6.07, 6.45) is 1.81. The average Bonchev–Trinajstić information content (AvgIpc) is 3.55. The average molecular weight is 605 g/mol. The van der Waals surface area contributed by atoms with Gasteiger partial charge in [-0.05, 0) is 75.6 Å². The van der Waals surface area contributed by atoms with Crippen LogP contribution in [0.2, 0.25) is 0 Å². The maximum absolute atomic E-state index is 13.7. The Morgan fingerprint density at radius 3 is 2.45 bits per heavy atom. The second-order valence-corrected chi connectivity index (χ2v) is 13.9. The van der Waals surface area contributed by atoms with Gasteiger partial charge < -0.3 is 10.0 Å². The third-order valence-electron chi connectivity index (χ3n) is 6.80. The molecule has 1 aliphatic heterocycles. The van der Waals surface area contributed by atoms with E-state index in [0.29, 0.717) is 46.2 Å². The Morgan fingerprint density at radius 1 is 1.07 bits per heavy atom. The summed E-state index contributed by atoms with van der Waals surface area (Å²) in [6, 6.07) is 21.8. The van der Waals surface area contributed by atoms with Crippen LogP contribution in [0.4, 0.5) is 16.2 Å². The Labute approximate surface area is 249 Å². The van der Waals surface area contributed by atoms with Crippen LogP contribution in [0.1, 0.15) is 32.8 Å². The topological polar surface area (TPSA) is 129 Å². The van der Waals surface area contributed by atoms with E-state index < -0.39 is 21.7 Å². The third kappa shape index (κ3) is 6.70. The van der Waals surface area contributed by atoms with Gasteiger partial charge in [-0.3, -0.25) is 10.1 Å². The molecule has 0 spiro atoms. The summed E-state index contributed by atoms with van der Waals surface area (Å²) in [5, 5.41) is 11.9. The first kappa shape index (κ1) is 29.4. The van der Waals surface area contributed by atoms with E-state index in [0.717, 1.165) is 11.1 Å². The Morgan fingerprint density at radius 2 is 1.79 bits per heavy atom. The molecule has 2 amide bonds. The van der Waals surface area contributed by atoms with Crippen molar-refractivity contribution in [1.29, 1.82) is 0 Å². The summed E-state index contributed by atoms with van der Waals surface area (Å²) in [5.74, 6) is -0.180. The van der Waals surface area contributed by atoms with Crippen LogP contribution in [0, 0.1) is 5.92 Å². The quantitative estimate of drug-likeness (QED) is 0.218. The molecule has 0 saturated carbocycles. The highest BCUT2D eigenvalue weighted by atomic mass is 32.2. The third-order valence-corrected chi connectivity index (χ3v) is 9.68. The minimum Gasteiger partial charge on any atom is -0.465 e. The summed E-state index contributed by atoms with van der Waals surface area (Å²) < 4.78 is 30.2. The smallest absolute Gasteiger partial charge is 0.409 e. The van der Waals surface area contributed by atoms with Gasteiger partial charge in [-0.15, -0.1) is 11.3 Å². The Kier molecular flexibility index (Phi) is 8.18. The molecule has 1 saturated heterocycles. The van der Waals surface area contributed by atoms with Crippen molar-refractivity contribution in [3.05, 3.63) is 84.6 Å². The van der Waals surface area contributed by atoms with Gasteiger partial charge in [0.2, 0.25) is 15.9 Å². The van der Waals surface area contributed by atoms with E-state index in [-0.39, 0.29) is 16.7 Å². The van der Waals surface area contributed by atoms with Crippen molar-refractivity contribution in [2.75, 3.05) is 16.8 Å². The molecule has 0 radical (unpaired) electrons. The fraction of sp³-hybridized carbons (Fsp3) is 0.258. The summed E-state index contributed by atoms with van der Waals surface area (Å²) in [6.45, 7) is 5.85. The van der Waals surface area contributed by atoms with Crippen molar-refractivity contribution in [2.24, 2.45) is 5.92 Å². The van der Waals surface area contributed by atoms with Crippen molar-refractivity contribution in [1.82, 2.24) is 9.71 Å². The number of amides is 2. The zero-order valence-corrected chi connectivity index (χ0v) is 25.1. The van der Waals surface area contributed by atoms with Crippen LogP contribution in [0.15, 0.2) is 83.9 Å². The molecule has 5 rings (SSSR count). The highest BCUT2D eigenvalue weighted by molar-refractivity contribution is 7.89. The molecular formula is C31H32N4O5S2. The molecule has 3 aromatic carbocycles. The number of nitrogens with zero attached hydrogens (tertiary/aromatic N) is 2. The number of nitrogens with one attached hydrogen (secondary N) is 2. The molecule has 4 aromatic rings. The van der Waals surface area contributed by atoms with E-state index in [1.807, 2.05) is 30.3 Å². The largest absolute Gasteiger partial charge is 0.465 e. The molecule has 1 fully saturated rings. The molecule has 11 heteroatoms. The normalized spacial score (nSPS) is 15.6. The standard InChI is InChI=1S/C31H32N4O5S2/c1-31(2,3)34-42(39,40)27-18-24(35-16-15-22(29(35)36)17-20-7-5-4-6-8-20)13-14-25(27)26-19-32-28(41-26)21-9-11-23(12-10-21)33-30(37)38/h4-14,18-19,22,33-34H,15-17H2,1-3H3,(H,37,38). The minimum absolute atomic E-state index is 0.0142. The molecule has 2 heterocycles. The van der Waals surface area contributed by atoms with Gasteiger partial charge in [-0.1, -0.05) is 36.4 Å². The van der Waals surface area contributed by atoms with E-state index in [9.17, 15) is 18.0 Å². The zero-order valence-electron chi connectivity index (χ0n) is 23.5. The van der Waals surface area contributed by atoms with Gasteiger partial charge in [0.05, 0.1) is 9.77 Å². The number of carbonyl (C=O) groups is 2. The van der Waals surface area contributed by atoms with Crippen LogP contribution in [0.3, 0.4) is 0 Å². The lowest BCUT2D eigenvalue weighted by atomic mass is 9.98. The van der Waals surface area contributed by atoms with Crippen molar-refractivity contribution in [3.8, 4) is 21.0 Å². The molecular weight excluding hydrogens is 572 g/mol. The maximum atomic E-state index is 13.7. The van der Waals surface area contributed by atoms with E-state index in [2.05, 4.69) is 15.0 Å². The second kappa shape index (κ2) is 11.7. The lowest BCUT2D eigenvalue weighted by molar-refractivity contribution is -0.120. The number of aromatic nitrogens is 1. The number of sulfonamides is 1. The van der Waals surface area contributed by atoms with Crippen LogP contribution in [-0.4, -0.2) is 42.6 Å². The number of rotatable bonds is 8. The number of benzene rings is 3. The van der Waals surface area contributed by atoms with Crippen molar-refractivity contribution >= 4 is 44.7 Å². The molecule has 3 N–H and O–H groups in total. The SMILES string of the molecule is CC(C)(C)NS(=O)(=O)c1cc(N2CCC(Cc3ccccc3)C2=O)ccc1-c1cnc(-c2ccc(NC(=O)O)cc2)s1. The Bertz CT molecular complexity index is 1710. The van der Waals surface area contributed by atoms with Gasteiger partial charge in [0, 0.05) is 46.7 Å². The Hall–Kier alpha value is -4.06. The Balaban J connectivity index is 1.48. The monoisotopic (exact) mass is 604 g/mol. The maximum Gasteiger partial charge on any atom is 0.409 e. The van der Waals surface area contributed by atoms with Crippen LogP contribution < -0.4 is 14.9 Å². The predicted molar refractivity (Wildman–Crippen MR) is 165 cm³/mol. The number of hydrogen-bond donors (Lipinski definition) is 3. The highest BCUT2D eigenvalue weighted by Crippen LogP contribution is 2.39. The summed E-state index contributed by atoms with van der Waals surface area (Å²) >= 11 is 1.33. The van der Waals surface area contributed by atoms with Crippen LogP contribution >= 0.6 is 11.3 Å². The molecule has 1 unspecified atom stereocenters. The molecule has 1 aromatic heterocycles. The first-order chi connectivity index (χ1) is 19.9. The van der Waals surface area contributed by atoms with Gasteiger partial charge in [-0.25, -0.2) is 22.9 Å². The number of hydrogen-bond acceptors (Lipinski definition) is 6. The first-order valence-electron chi connectivity index (χ1n) is 13.5. The summed E-state index contributed by atoms with van der Waals surface area (Å²) in [5.41, 5.74) is 2.60. The first-order valence-corrected chi connectivity index (χ1v) is 15.8. The molecule has 1 aliphatic rings. The predicted octanol–water partition coefficient (Wildman–Crippen LogP) is 6.24. The van der Waals surface area contributed by atoms with Crippen LogP contribution in [0.25, 0.3) is 21.0 Å². The van der Waals surface area contributed by atoms with Crippen molar-refractivity contribution in [2.45, 2.75) is 44.0 Å². The molecule has 1 atom stereocenters. The second-order valence-electron chi connectivity index (χ2n) is 11.2. The van der Waals surface area contributed by atoms with Crippen LogP contribution in [-0.2, 0) is 21.2 Å². The zero-order chi connectivity index (χ0) is 30.1. The van der Waals surface area contributed by atoms with Gasteiger partial charge >= 0.3 is 6.09 Å². The summed E-state index contributed by atoms with van der Waals surface area (Å²) in [7, 11) is -3.97. The molecule has 0 aliphatic carbocycles. The number of carboxylic acid groups (broad SMARTS) is 1. The van der Waals surface area contributed by atoms with Gasteiger partial charge in [-0.2, -0.15) is 0 Å². The number of carbonyl (C=O) groups excluding carboxylic acids is 1. The van der Waals surface area contributed by atoms with E-state index in [1.54, 1.807) is 74.3 Å². The van der Waals surface area contributed by atoms with Gasteiger partial charge in [0.25, 0.3) is 0 Å². The van der Waals surface area contributed by atoms with E-state index >= 15 is 0 Å². The fourth-order valence-corrected chi connectivity index (χ4v) is 7.68. The minimum atomic E-state index is -3.97. The van der Waals surface area contributed by atoms with Crippen LogP contribution in [0.5, 0.6) is 0 Å². The lowest BCUT2D eigenvalue weighted by Gasteiger charge is -2.23. The molecule has 42 heavy (non-hydrogen) atoms. The van der Waals surface area contributed by atoms with E-state index in [1.165, 1.54) is 11.3 Å². The molecule has 218 valence electrons. The van der Waals surface area contributed by atoms with Crippen molar-refractivity contribution < 1.29 is 23.1 Å². The molecule has 0 bridgehead atoms. The number of anilines is 2. The molecule has 9 nitrogen and oxygen atoms in total. The van der Waals surface area contributed by atoms with Crippen molar-refractivity contribution in [3.63, 3.8) is 0 Å². The fourth-order valence-electron chi connectivity index (χ4n) is 5.00. The van der Waals surface area contributed by atoms with Gasteiger partial charge in [0.15, 0.2) is 0 Å². The van der Waals surface area contributed by atoms with Gasteiger partial charge in [0.1, 0.15) is 5.01 Å². The number of thiazole rings is 1. The summed E-state index contributed by atoms with van der Waals surface area (Å²) in [4.78, 5) is 31.2. The van der Waals surface area contributed by atoms with E-state index in [4.69, 9.17) is 5.11 Å².